The molecule has 1 aliphatic heterocycles. The molecule has 144 valence electrons. The summed E-state index contributed by atoms with van der Waals surface area (Å²) < 4.78 is 11.3. The predicted octanol–water partition coefficient (Wildman–Crippen LogP) is 3.93. The zero-order valence-electron chi connectivity index (χ0n) is 15.9. The van der Waals surface area contributed by atoms with Crippen molar-refractivity contribution in [3.8, 4) is 5.75 Å². The van der Waals surface area contributed by atoms with Crippen molar-refractivity contribution in [1.29, 1.82) is 0 Å². The van der Waals surface area contributed by atoms with E-state index in [-0.39, 0.29) is 11.8 Å². The van der Waals surface area contributed by atoms with Crippen molar-refractivity contribution in [3.05, 3.63) is 59.8 Å². The molecular weight excluding hydrogens is 352 g/mol. The second-order valence-electron chi connectivity index (χ2n) is 7.87. The molecule has 2 fully saturated rings. The van der Waals surface area contributed by atoms with Gasteiger partial charge in [0, 0.05) is 29.4 Å². The lowest BCUT2D eigenvalue weighted by molar-refractivity contribution is -0.118. The number of fused-ring (bicyclic) bond motifs is 2. The average Bonchev–Trinajstić information content (AvgIpc) is 3.02. The molecule has 0 bridgehead atoms. The third-order valence-electron chi connectivity index (χ3n) is 5.95. The number of ether oxygens (including phenoxy) is 2. The van der Waals surface area contributed by atoms with Crippen LogP contribution in [-0.2, 0) is 16.0 Å². The van der Waals surface area contributed by atoms with Crippen LogP contribution in [0.2, 0.25) is 0 Å². The maximum absolute atomic E-state index is 12.6. The molecule has 1 amide bonds. The molecule has 0 spiro atoms. The Hall–Kier alpha value is -2.79. The molecule has 28 heavy (non-hydrogen) atoms. The molecule has 2 N–H and O–H groups in total. The molecule has 1 saturated heterocycles. The molecule has 1 aliphatic carbocycles. The summed E-state index contributed by atoms with van der Waals surface area (Å²) in [6.07, 6.45) is 2.72. The first-order valence-electron chi connectivity index (χ1n) is 9.87. The first-order valence-corrected chi connectivity index (χ1v) is 9.87. The Morgan fingerprint density at radius 1 is 1.18 bits per heavy atom. The quantitative estimate of drug-likeness (QED) is 0.685. The van der Waals surface area contributed by atoms with Crippen molar-refractivity contribution < 1.29 is 14.3 Å². The Morgan fingerprint density at radius 3 is 2.75 bits per heavy atom. The first kappa shape index (κ1) is 17.3. The van der Waals surface area contributed by atoms with Gasteiger partial charge in [-0.3, -0.25) is 4.79 Å². The monoisotopic (exact) mass is 376 g/mol. The minimum absolute atomic E-state index is 0.102. The number of nitrogens with one attached hydrogen (secondary N) is 2. The van der Waals surface area contributed by atoms with Gasteiger partial charge >= 0.3 is 0 Å². The molecule has 5 rings (SSSR count). The topological polar surface area (TPSA) is 63.3 Å². The number of carbonyl (C=O) groups is 1. The van der Waals surface area contributed by atoms with Crippen LogP contribution < -0.4 is 10.1 Å². The van der Waals surface area contributed by atoms with Gasteiger partial charge in [0.15, 0.2) is 0 Å². The van der Waals surface area contributed by atoms with Crippen molar-refractivity contribution in [2.75, 3.05) is 25.1 Å². The van der Waals surface area contributed by atoms with Gasteiger partial charge in [0.2, 0.25) is 5.91 Å². The van der Waals surface area contributed by atoms with Gasteiger partial charge in [-0.15, -0.1) is 0 Å². The van der Waals surface area contributed by atoms with Crippen molar-refractivity contribution in [1.82, 2.24) is 4.98 Å². The van der Waals surface area contributed by atoms with E-state index < -0.39 is 0 Å². The molecule has 1 saturated carbocycles. The molecule has 2 atom stereocenters. The Kier molecular flexibility index (Phi) is 4.32. The molecule has 2 unspecified atom stereocenters. The number of anilines is 1. The van der Waals surface area contributed by atoms with Crippen LogP contribution >= 0.6 is 0 Å². The summed E-state index contributed by atoms with van der Waals surface area (Å²) in [5, 5.41) is 4.06. The van der Waals surface area contributed by atoms with Gasteiger partial charge in [0.05, 0.1) is 25.5 Å². The van der Waals surface area contributed by atoms with E-state index in [0.29, 0.717) is 18.4 Å². The molecule has 5 heteroatoms. The van der Waals surface area contributed by atoms with Crippen LogP contribution in [0.1, 0.15) is 11.1 Å². The zero-order valence-corrected chi connectivity index (χ0v) is 15.9. The molecule has 1 aromatic heterocycles. The highest BCUT2D eigenvalue weighted by Gasteiger charge is 2.57. The molecular formula is C23H24N2O3. The van der Waals surface area contributed by atoms with Gasteiger partial charge in [0.1, 0.15) is 5.75 Å². The normalized spacial score (nSPS) is 22.8. The minimum atomic E-state index is 0.102. The van der Waals surface area contributed by atoms with E-state index in [2.05, 4.69) is 41.5 Å². The number of H-pyrrole nitrogens is 1. The van der Waals surface area contributed by atoms with Gasteiger partial charge in [-0.1, -0.05) is 29.8 Å². The van der Waals surface area contributed by atoms with E-state index >= 15 is 0 Å². The van der Waals surface area contributed by atoms with Gasteiger partial charge in [0.25, 0.3) is 0 Å². The van der Waals surface area contributed by atoms with Gasteiger partial charge < -0.3 is 19.8 Å². The van der Waals surface area contributed by atoms with Crippen LogP contribution in [0.25, 0.3) is 10.9 Å². The van der Waals surface area contributed by atoms with Crippen molar-refractivity contribution in [3.63, 3.8) is 0 Å². The number of carbonyl (C=O) groups excluding carboxylic acids is 1. The molecule has 2 aromatic carbocycles. The summed E-state index contributed by atoms with van der Waals surface area (Å²) in [5.41, 5.74) is 4.33. The Bertz CT molecular complexity index is 998. The highest BCUT2D eigenvalue weighted by atomic mass is 16.5. The average molecular weight is 376 g/mol. The number of amides is 1. The number of aromatic nitrogens is 1. The van der Waals surface area contributed by atoms with Crippen LogP contribution in [0.3, 0.4) is 0 Å². The largest absolute Gasteiger partial charge is 0.493 e. The standard InChI is InChI=1S/C23H24N2O3/c1-14-2-4-15(5-3-14)8-9-28-16-6-7-20-17(10-16)21(11-24-20)25-23(26)22-18-12-27-13-19(18)22/h2-7,10-11,18-19,22,24H,8-9,12-13H2,1H3,(H,25,26). The third kappa shape index (κ3) is 3.27. The Balaban J connectivity index is 1.24. The van der Waals surface area contributed by atoms with Crippen LogP contribution in [0.4, 0.5) is 5.69 Å². The van der Waals surface area contributed by atoms with Crippen LogP contribution in [0, 0.1) is 24.7 Å². The number of rotatable bonds is 6. The van der Waals surface area contributed by atoms with E-state index in [0.717, 1.165) is 42.0 Å². The van der Waals surface area contributed by atoms with E-state index in [4.69, 9.17) is 9.47 Å². The highest BCUT2D eigenvalue weighted by molar-refractivity contribution is 6.03. The van der Waals surface area contributed by atoms with E-state index in [1.54, 1.807) is 0 Å². The van der Waals surface area contributed by atoms with Gasteiger partial charge in [-0.25, -0.2) is 0 Å². The highest BCUT2D eigenvalue weighted by Crippen LogP contribution is 2.51. The van der Waals surface area contributed by atoms with Gasteiger partial charge in [-0.05, 0) is 42.5 Å². The molecule has 3 aromatic rings. The van der Waals surface area contributed by atoms with Crippen LogP contribution in [0.15, 0.2) is 48.7 Å². The fourth-order valence-electron chi connectivity index (χ4n) is 4.18. The number of aromatic amines is 1. The summed E-state index contributed by atoms with van der Waals surface area (Å²) in [7, 11) is 0. The fourth-order valence-corrected chi connectivity index (χ4v) is 4.18. The lowest BCUT2D eigenvalue weighted by Crippen LogP contribution is -2.18. The second-order valence-corrected chi connectivity index (χ2v) is 7.87. The zero-order chi connectivity index (χ0) is 19.1. The summed E-state index contributed by atoms with van der Waals surface area (Å²) in [6, 6.07) is 14.5. The summed E-state index contributed by atoms with van der Waals surface area (Å²) in [6.45, 7) is 4.14. The number of hydrogen-bond acceptors (Lipinski definition) is 3. The van der Waals surface area contributed by atoms with Crippen molar-refractivity contribution >= 4 is 22.5 Å². The number of aryl methyl sites for hydroxylation is 1. The SMILES string of the molecule is Cc1ccc(CCOc2ccc3[nH]cc(NC(=O)C4C5COCC54)c3c2)cc1. The Morgan fingerprint density at radius 2 is 1.96 bits per heavy atom. The maximum Gasteiger partial charge on any atom is 0.228 e. The molecule has 5 nitrogen and oxygen atoms in total. The Labute approximate surface area is 164 Å². The van der Waals surface area contributed by atoms with E-state index in [9.17, 15) is 4.79 Å². The van der Waals surface area contributed by atoms with Crippen molar-refractivity contribution in [2.24, 2.45) is 17.8 Å². The predicted molar refractivity (Wildman–Crippen MR) is 109 cm³/mol. The minimum Gasteiger partial charge on any atom is -0.493 e. The second kappa shape index (κ2) is 6.99. The van der Waals surface area contributed by atoms with E-state index in [1.807, 2.05) is 24.4 Å². The summed E-state index contributed by atoms with van der Waals surface area (Å²) in [5.74, 6) is 1.83. The summed E-state index contributed by atoms with van der Waals surface area (Å²) in [4.78, 5) is 15.8. The number of benzene rings is 2. The number of hydrogen-bond donors (Lipinski definition) is 2. The lowest BCUT2D eigenvalue weighted by Gasteiger charge is -2.08. The molecule has 2 aliphatic rings. The molecule has 2 heterocycles. The summed E-state index contributed by atoms with van der Waals surface area (Å²) >= 11 is 0. The third-order valence-corrected chi connectivity index (χ3v) is 5.95. The van der Waals surface area contributed by atoms with Crippen molar-refractivity contribution in [2.45, 2.75) is 13.3 Å². The molecule has 0 radical (unpaired) electrons. The van der Waals surface area contributed by atoms with Crippen LogP contribution in [-0.4, -0.2) is 30.7 Å². The van der Waals surface area contributed by atoms with E-state index in [1.165, 1.54) is 11.1 Å². The fraction of sp³-hybridized carbons (Fsp3) is 0.348. The smallest absolute Gasteiger partial charge is 0.228 e. The van der Waals surface area contributed by atoms with Gasteiger partial charge in [-0.2, -0.15) is 0 Å². The first-order chi connectivity index (χ1) is 13.7. The lowest BCUT2D eigenvalue weighted by atomic mass is 10.1. The maximum atomic E-state index is 12.6. The van der Waals surface area contributed by atoms with Crippen LogP contribution in [0.5, 0.6) is 5.75 Å².